The summed E-state index contributed by atoms with van der Waals surface area (Å²) >= 11 is 0. The molecule has 2 N–H and O–H groups in total. The van der Waals surface area contributed by atoms with E-state index in [1.807, 2.05) is 51.1 Å². The average Bonchev–Trinajstić information content (AvgIpc) is 3.18. The summed E-state index contributed by atoms with van der Waals surface area (Å²) in [4.78, 5) is 44.7. The molecule has 2 aromatic rings. The van der Waals surface area contributed by atoms with Gasteiger partial charge in [0.25, 0.3) is 0 Å². The number of nitrogens with one attached hydrogen (secondary N) is 2. The van der Waals surface area contributed by atoms with Crippen LogP contribution in [0.4, 0.5) is 0 Å². The van der Waals surface area contributed by atoms with Crippen molar-refractivity contribution in [2.45, 2.75) is 72.0 Å². The smallest absolute Gasteiger partial charge is 0.243 e. The van der Waals surface area contributed by atoms with Gasteiger partial charge in [-0.2, -0.15) is 5.10 Å². The number of nitrogens with zero attached hydrogens (tertiary/aromatic N) is 4. The molecule has 1 aliphatic rings. The molecule has 2 heterocycles. The Morgan fingerprint density at radius 1 is 1.15 bits per heavy atom. The summed E-state index contributed by atoms with van der Waals surface area (Å²) in [5.41, 5.74) is 1.05. The maximum Gasteiger partial charge on any atom is 0.243 e. The number of carbonyl (C=O) groups excluding carboxylic acids is 3. The molecule has 1 aliphatic heterocycles. The number of hydrogen-bond acceptors (Lipinski definition) is 5. The van der Waals surface area contributed by atoms with Crippen LogP contribution >= 0.6 is 0 Å². The highest BCUT2D eigenvalue weighted by atomic mass is 16.2. The fourth-order valence-electron chi connectivity index (χ4n) is 4.23. The van der Waals surface area contributed by atoms with Crippen LogP contribution in [0.15, 0.2) is 30.3 Å². The number of benzene rings is 1. The molecule has 1 aromatic carbocycles. The van der Waals surface area contributed by atoms with E-state index in [1.165, 1.54) is 6.92 Å². The van der Waals surface area contributed by atoms with Crippen molar-refractivity contribution >= 4 is 17.7 Å². The van der Waals surface area contributed by atoms with Crippen molar-refractivity contribution in [2.75, 3.05) is 13.1 Å². The SMILES string of the molecule is CC[C@H](C)[C@@H]1NC(=O)CCCN(C(C)=O)CCn2nc(C)nc2[C@H](Cc2ccccc2)NC1=O. The maximum absolute atomic E-state index is 13.5. The standard InChI is InChI=1S/C25H36N6O3/c1-5-17(2)23-25(34)27-21(16-20-10-7-6-8-11-20)24-26-18(3)29-31(24)15-14-30(19(4)32)13-9-12-22(33)28-23/h6-8,10-11,17,21,23H,5,9,12-16H2,1-4H3,(H,27,34)(H,28,33)/t17-,21-,23-/m0/s1. The van der Waals surface area contributed by atoms with Crippen molar-refractivity contribution in [2.24, 2.45) is 5.92 Å². The molecule has 3 amide bonds. The first-order chi connectivity index (χ1) is 16.3. The van der Waals surface area contributed by atoms with Crippen LogP contribution in [0.25, 0.3) is 0 Å². The number of amides is 3. The van der Waals surface area contributed by atoms with Gasteiger partial charge in [-0.1, -0.05) is 50.6 Å². The van der Waals surface area contributed by atoms with Crippen LogP contribution in [-0.4, -0.2) is 56.5 Å². The van der Waals surface area contributed by atoms with E-state index >= 15 is 0 Å². The molecule has 0 aliphatic carbocycles. The van der Waals surface area contributed by atoms with E-state index < -0.39 is 12.1 Å². The van der Waals surface area contributed by atoms with Crippen molar-refractivity contribution in [1.29, 1.82) is 0 Å². The first-order valence-electron chi connectivity index (χ1n) is 12.1. The molecule has 0 spiro atoms. The van der Waals surface area contributed by atoms with Crippen LogP contribution in [0.5, 0.6) is 0 Å². The Kier molecular flexibility index (Phi) is 8.79. The Morgan fingerprint density at radius 2 is 1.88 bits per heavy atom. The quantitative estimate of drug-likeness (QED) is 0.715. The third kappa shape index (κ3) is 6.65. The van der Waals surface area contributed by atoms with Gasteiger partial charge in [0.2, 0.25) is 17.7 Å². The van der Waals surface area contributed by atoms with Crippen LogP contribution in [0.1, 0.15) is 63.3 Å². The number of aromatic nitrogens is 3. The molecule has 0 radical (unpaired) electrons. The van der Waals surface area contributed by atoms with Gasteiger partial charge in [0.15, 0.2) is 0 Å². The van der Waals surface area contributed by atoms with E-state index in [0.29, 0.717) is 44.1 Å². The minimum atomic E-state index is -0.653. The zero-order valence-corrected chi connectivity index (χ0v) is 20.6. The van der Waals surface area contributed by atoms with Crippen molar-refractivity contribution < 1.29 is 14.4 Å². The van der Waals surface area contributed by atoms with Crippen molar-refractivity contribution in [3.63, 3.8) is 0 Å². The molecule has 3 atom stereocenters. The van der Waals surface area contributed by atoms with Gasteiger partial charge in [0.05, 0.1) is 12.6 Å². The molecule has 34 heavy (non-hydrogen) atoms. The second-order valence-corrected chi connectivity index (χ2v) is 9.03. The van der Waals surface area contributed by atoms with Crippen LogP contribution < -0.4 is 10.6 Å². The Labute approximate surface area is 201 Å². The first-order valence-corrected chi connectivity index (χ1v) is 12.1. The molecule has 3 rings (SSSR count). The number of fused-ring (bicyclic) bond motifs is 1. The van der Waals surface area contributed by atoms with Gasteiger partial charge < -0.3 is 15.5 Å². The Balaban J connectivity index is 2.00. The normalized spacial score (nSPS) is 21.1. The Bertz CT molecular complexity index is 990. The predicted molar refractivity (Wildman–Crippen MR) is 129 cm³/mol. The van der Waals surface area contributed by atoms with Gasteiger partial charge in [-0.3, -0.25) is 14.4 Å². The lowest BCUT2D eigenvalue weighted by atomic mass is 9.97. The van der Waals surface area contributed by atoms with Gasteiger partial charge in [0, 0.05) is 26.4 Å². The lowest BCUT2D eigenvalue weighted by molar-refractivity contribution is -0.131. The van der Waals surface area contributed by atoms with Crippen LogP contribution in [0.2, 0.25) is 0 Å². The average molecular weight is 469 g/mol. The molecule has 0 fully saturated rings. The van der Waals surface area contributed by atoms with E-state index in [4.69, 9.17) is 0 Å². The lowest BCUT2D eigenvalue weighted by Gasteiger charge is -2.28. The molecule has 9 nitrogen and oxygen atoms in total. The minimum absolute atomic E-state index is 0.0393. The third-order valence-corrected chi connectivity index (χ3v) is 6.39. The number of hydrogen-bond donors (Lipinski definition) is 2. The van der Waals surface area contributed by atoms with E-state index in [0.717, 1.165) is 12.0 Å². The largest absolute Gasteiger partial charge is 0.344 e. The van der Waals surface area contributed by atoms with Gasteiger partial charge in [-0.15, -0.1) is 0 Å². The van der Waals surface area contributed by atoms with Gasteiger partial charge in [0.1, 0.15) is 17.7 Å². The summed E-state index contributed by atoms with van der Waals surface area (Å²) in [7, 11) is 0. The molecular formula is C25H36N6O3. The van der Waals surface area contributed by atoms with Crippen molar-refractivity contribution in [3.05, 3.63) is 47.5 Å². The summed E-state index contributed by atoms with van der Waals surface area (Å²) in [5, 5.41) is 10.6. The monoisotopic (exact) mass is 468 g/mol. The first kappa shape index (κ1) is 25.4. The topological polar surface area (TPSA) is 109 Å². The summed E-state index contributed by atoms with van der Waals surface area (Å²) in [6.07, 6.45) is 2.06. The highest BCUT2D eigenvalue weighted by molar-refractivity contribution is 5.88. The van der Waals surface area contributed by atoms with Crippen LogP contribution in [0, 0.1) is 12.8 Å². The molecule has 1 aromatic heterocycles. The molecular weight excluding hydrogens is 432 g/mol. The zero-order valence-electron chi connectivity index (χ0n) is 20.6. The minimum Gasteiger partial charge on any atom is -0.344 e. The summed E-state index contributed by atoms with van der Waals surface area (Å²) in [6.45, 7) is 8.70. The van der Waals surface area contributed by atoms with Gasteiger partial charge >= 0.3 is 0 Å². The molecule has 9 heteroatoms. The van der Waals surface area contributed by atoms with Crippen molar-refractivity contribution in [3.8, 4) is 0 Å². The van der Waals surface area contributed by atoms with Crippen LogP contribution in [0.3, 0.4) is 0 Å². The Morgan fingerprint density at radius 3 is 2.56 bits per heavy atom. The van der Waals surface area contributed by atoms with E-state index in [2.05, 4.69) is 20.7 Å². The highest BCUT2D eigenvalue weighted by Gasteiger charge is 2.30. The summed E-state index contributed by atoms with van der Waals surface area (Å²) in [6, 6.07) is 8.81. The molecule has 0 unspecified atom stereocenters. The van der Waals surface area contributed by atoms with Gasteiger partial charge in [-0.25, -0.2) is 9.67 Å². The molecule has 0 saturated carbocycles. The summed E-state index contributed by atoms with van der Waals surface area (Å²) in [5.74, 6) is 0.759. The fraction of sp³-hybridized carbons (Fsp3) is 0.560. The highest BCUT2D eigenvalue weighted by Crippen LogP contribution is 2.20. The fourth-order valence-corrected chi connectivity index (χ4v) is 4.23. The Hall–Kier alpha value is -3.23. The number of rotatable bonds is 4. The maximum atomic E-state index is 13.5. The van der Waals surface area contributed by atoms with Crippen molar-refractivity contribution in [1.82, 2.24) is 30.3 Å². The number of carbonyl (C=O) groups is 3. The second kappa shape index (κ2) is 11.8. The lowest BCUT2D eigenvalue weighted by Crippen LogP contribution is -2.51. The second-order valence-electron chi connectivity index (χ2n) is 9.03. The zero-order chi connectivity index (χ0) is 24.7. The van der Waals surface area contributed by atoms with E-state index in [-0.39, 0.29) is 30.1 Å². The van der Waals surface area contributed by atoms with E-state index in [1.54, 1.807) is 9.58 Å². The molecule has 0 bridgehead atoms. The molecule has 184 valence electrons. The predicted octanol–water partition coefficient (Wildman–Crippen LogP) is 2.16. The number of aryl methyl sites for hydroxylation is 1. The van der Waals surface area contributed by atoms with Gasteiger partial charge in [-0.05, 0) is 31.2 Å². The third-order valence-electron chi connectivity index (χ3n) is 6.39. The van der Waals surface area contributed by atoms with Crippen LogP contribution in [-0.2, 0) is 27.3 Å². The summed E-state index contributed by atoms with van der Waals surface area (Å²) < 4.78 is 1.79. The molecule has 0 saturated heterocycles. The van der Waals surface area contributed by atoms with E-state index in [9.17, 15) is 14.4 Å².